The molecule has 4 rings (SSSR count). The van der Waals surface area contributed by atoms with Crippen molar-refractivity contribution in [2.45, 2.75) is 0 Å². The van der Waals surface area contributed by atoms with Gasteiger partial charge in [0.25, 0.3) is 0 Å². The van der Waals surface area contributed by atoms with Crippen LogP contribution in [0.15, 0.2) is 59.0 Å². The van der Waals surface area contributed by atoms with Gasteiger partial charge in [0.1, 0.15) is 22.4 Å². The number of nitriles is 1. The number of rotatable bonds is 3. The Kier molecular flexibility index (Phi) is 4.63. The third-order valence-electron chi connectivity index (χ3n) is 3.89. The van der Waals surface area contributed by atoms with Crippen LogP contribution in [0.25, 0.3) is 32.9 Å². The standard InChI is InChI=1S/C20H10Cl2N2O2S/c21-11-5-6-12(14(22)9-11)16-7-8-17(26-16)19(25)13(10-23)20-24-15-3-1-2-4-18(15)27-20/h1-9,25H/b19-13-. The summed E-state index contributed by atoms with van der Waals surface area (Å²) in [6.07, 6.45) is 0. The summed E-state index contributed by atoms with van der Waals surface area (Å²) in [5.41, 5.74) is 1.46. The van der Waals surface area contributed by atoms with Gasteiger partial charge >= 0.3 is 0 Å². The molecule has 0 fully saturated rings. The van der Waals surface area contributed by atoms with Crippen LogP contribution in [0.4, 0.5) is 0 Å². The number of aliphatic hydroxyl groups is 1. The number of furan rings is 1. The first kappa shape index (κ1) is 17.6. The summed E-state index contributed by atoms with van der Waals surface area (Å²) in [6.45, 7) is 0. The first-order valence-corrected chi connectivity index (χ1v) is 9.39. The lowest BCUT2D eigenvalue weighted by Crippen LogP contribution is -1.88. The zero-order valence-corrected chi connectivity index (χ0v) is 15.9. The summed E-state index contributed by atoms with van der Waals surface area (Å²) in [5.74, 6) is 0.347. The summed E-state index contributed by atoms with van der Waals surface area (Å²) in [7, 11) is 0. The number of fused-ring (bicyclic) bond motifs is 1. The average Bonchev–Trinajstić information content (AvgIpc) is 3.29. The quantitative estimate of drug-likeness (QED) is 0.296. The van der Waals surface area contributed by atoms with Crippen molar-refractivity contribution >= 4 is 56.1 Å². The van der Waals surface area contributed by atoms with Gasteiger partial charge in [0, 0.05) is 10.6 Å². The normalized spacial score (nSPS) is 12.0. The second-order valence-corrected chi connectivity index (χ2v) is 7.48. The molecule has 0 spiro atoms. The van der Waals surface area contributed by atoms with E-state index in [1.165, 1.54) is 11.3 Å². The van der Waals surface area contributed by atoms with E-state index in [-0.39, 0.29) is 17.1 Å². The highest BCUT2D eigenvalue weighted by molar-refractivity contribution is 7.19. The number of aromatic nitrogens is 1. The molecule has 0 unspecified atom stereocenters. The van der Waals surface area contributed by atoms with Crippen molar-refractivity contribution in [2.24, 2.45) is 0 Å². The predicted molar refractivity (Wildman–Crippen MR) is 109 cm³/mol. The van der Waals surface area contributed by atoms with Crippen LogP contribution in [0.2, 0.25) is 10.0 Å². The number of nitrogens with zero attached hydrogens (tertiary/aromatic N) is 2. The largest absolute Gasteiger partial charge is 0.503 e. The summed E-state index contributed by atoms with van der Waals surface area (Å²) in [4.78, 5) is 4.42. The molecule has 0 saturated heterocycles. The third kappa shape index (κ3) is 3.31. The molecule has 0 amide bonds. The first-order chi connectivity index (χ1) is 13.1. The van der Waals surface area contributed by atoms with Crippen LogP contribution < -0.4 is 0 Å². The molecule has 0 saturated carbocycles. The maximum Gasteiger partial charge on any atom is 0.179 e. The molecule has 2 aromatic heterocycles. The molecule has 4 nitrogen and oxygen atoms in total. The van der Waals surface area contributed by atoms with Gasteiger partial charge in [-0.1, -0.05) is 35.3 Å². The maximum atomic E-state index is 10.6. The van der Waals surface area contributed by atoms with Gasteiger partial charge in [-0.25, -0.2) is 4.98 Å². The van der Waals surface area contributed by atoms with Gasteiger partial charge in [-0.05, 0) is 42.5 Å². The minimum Gasteiger partial charge on any atom is -0.503 e. The Hall–Kier alpha value is -2.78. The Morgan fingerprint density at radius 1 is 1.11 bits per heavy atom. The lowest BCUT2D eigenvalue weighted by atomic mass is 10.2. The molecule has 2 heterocycles. The minimum absolute atomic E-state index is 0.0549. The van der Waals surface area contributed by atoms with Crippen LogP contribution >= 0.6 is 34.5 Å². The molecule has 1 N–H and O–H groups in total. The number of aliphatic hydroxyl groups excluding tert-OH is 1. The number of benzene rings is 2. The summed E-state index contributed by atoms with van der Waals surface area (Å²) in [5, 5.41) is 21.5. The van der Waals surface area contributed by atoms with Crippen LogP contribution in [-0.4, -0.2) is 10.1 Å². The smallest absolute Gasteiger partial charge is 0.179 e. The number of hydrogen-bond acceptors (Lipinski definition) is 5. The number of allylic oxidation sites excluding steroid dienone is 1. The summed E-state index contributed by atoms with van der Waals surface area (Å²) in [6, 6.07) is 17.9. The monoisotopic (exact) mass is 412 g/mol. The zero-order chi connectivity index (χ0) is 19.0. The van der Waals surface area contributed by atoms with Gasteiger partial charge in [-0.15, -0.1) is 11.3 Å². The van der Waals surface area contributed by atoms with Crippen LogP contribution in [0.1, 0.15) is 10.8 Å². The van der Waals surface area contributed by atoms with Crippen molar-refractivity contribution < 1.29 is 9.52 Å². The van der Waals surface area contributed by atoms with Crippen LogP contribution in [0.5, 0.6) is 0 Å². The molecule has 0 aliphatic rings. The van der Waals surface area contributed by atoms with E-state index in [9.17, 15) is 10.4 Å². The Labute approximate surface area is 168 Å². The van der Waals surface area contributed by atoms with Crippen LogP contribution in [-0.2, 0) is 0 Å². The molecule has 132 valence electrons. The van der Waals surface area contributed by atoms with Crippen molar-refractivity contribution in [1.82, 2.24) is 4.98 Å². The number of thiazole rings is 1. The molecule has 4 aromatic rings. The van der Waals surface area contributed by atoms with E-state index in [0.717, 1.165) is 10.2 Å². The molecule has 0 atom stereocenters. The van der Waals surface area contributed by atoms with E-state index in [1.807, 2.05) is 30.3 Å². The fourth-order valence-corrected chi connectivity index (χ4v) is 4.07. The highest BCUT2D eigenvalue weighted by atomic mass is 35.5. The minimum atomic E-state index is -0.270. The predicted octanol–water partition coefficient (Wildman–Crippen LogP) is 6.81. The van der Waals surface area contributed by atoms with Gasteiger partial charge in [0.05, 0.1) is 15.2 Å². The lowest BCUT2D eigenvalue weighted by Gasteiger charge is -2.02. The molecule has 7 heteroatoms. The van der Waals surface area contributed by atoms with Gasteiger partial charge in [0.15, 0.2) is 11.5 Å². The van der Waals surface area contributed by atoms with Crippen LogP contribution in [0.3, 0.4) is 0 Å². The second-order valence-electron chi connectivity index (χ2n) is 5.61. The Morgan fingerprint density at radius 3 is 2.67 bits per heavy atom. The fourth-order valence-electron chi connectivity index (χ4n) is 2.60. The van der Waals surface area contributed by atoms with Crippen molar-refractivity contribution in [3.63, 3.8) is 0 Å². The Morgan fingerprint density at radius 2 is 1.93 bits per heavy atom. The third-order valence-corrected chi connectivity index (χ3v) is 5.49. The van der Waals surface area contributed by atoms with Gasteiger partial charge in [-0.3, -0.25) is 0 Å². The molecule has 0 bridgehead atoms. The Bertz CT molecular complexity index is 1200. The molecular formula is C20H10Cl2N2O2S. The van der Waals surface area contributed by atoms with Gasteiger partial charge < -0.3 is 9.52 Å². The van der Waals surface area contributed by atoms with Crippen molar-refractivity contribution in [1.29, 1.82) is 5.26 Å². The van der Waals surface area contributed by atoms with Crippen molar-refractivity contribution in [3.05, 3.63) is 75.4 Å². The highest BCUT2D eigenvalue weighted by Crippen LogP contribution is 2.35. The van der Waals surface area contributed by atoms with E-state index in [0.29, 0.717) is 26.4 Å². The van der Waals surface area contributed by atoms with Crippen molar-refractivity contribution in [2.75, 3.05) is 0 Å². The van der Waals surface area contributed by atoms with Crippen molar-refractivity contribution in [3.8, 4) is 17.4 Å². The van der Waals surface area contributed by atoms with Gasteiger partial charge in [0.2, 0.25) is 0 Å². The first-order valence-electron chi connectivity index (χ1n) is 7.81. The number of hydrogen-bond donors (Lipinski definition) is 1. The molecule has 0 radical (unpaired) electrons. The van der Waals surface area contributed by atoms with Gasteiger partial charge in [-0.2, -0.15) is 5.26 Å². The van der Waals surface area contributed by atoms with Crippen LogP contribution in [0, 0.1) is 11.3 Å². The summed E-state index contributed by atoms with van der Waals surface area (Å²) >= 11 is 13.5. The molecular weight excluding hydrogens is 403 g/mol. The second kappa shape index (κ2) is 7.09. The van der Waals surface area contributed by atoms with E-state index >= 15 is 0 Å². The fraction of sp³-hybridized carbons (Fsp3) is 0. The van der Waals surface area contributed by atoms with E-state index in [1.54, 1.807) is 30.3 Å². The van der Waals surface area contributed by atoms with E-state index in [4.69, 9.17) is 27.6 Å². The average molecular weight is 413 g/mol. The molecule has 2 aromatic carbocycles. The number of halogens is 2. The zero-order valence-electron chi connectivity index (χ0n) is 13.6. The van der Waals surface area contributed by atoms with E-state index in [2.05, 4.69) is 4.98 Å². The topological polar surface area (TPSA) is 70.0 Å². The maximum absolute atomic E-state index is 10.6. The lowest BCUT2D eigenvalue weighted by molar-refractivity contribution is 0.466. The van der Waals surface area contributed by atoms with E-state index < -0.39 is 0 Å². The number of para-hydroxylation sites is 1. The molecule has 27 heavy (non-hydrogen) atoms. The Balaban J connectivity index is 1.77. The molecule has 0 aliphatic carbocycles. The summed E-state index contributed by atoms with van der Waals surface area (Å²) < 4.78 is 6.65. The highest BCUT2D eigenvalue weighted by Gasteiger charge is 2.18. The molecule has 0 aliphatic heterocycles. The SMILES string of the molecule is N#C/C(=C(/O)c1ccc(-c2ccc(Cl)cc2Cl)o1)c1nc2ccccc2s1.